The zero-order valence-corrected chi connectivity index (χ0v) is 11.7. The topological polar surface area (TPSA) is 29.3 Å². The summed E-state index contributed by atoms with van der Waals surface area (Å²) in [6, 6.07) is 0.871. The van der Waals surface area contributed by atoms with Gasteiger partial charge in [-0.15, -0.1) is 0 Å². The van der Waals surface area contributed by atoms with E-state index in [2.05, 4.69) is 18.7 Å². The van der Waals surface area contributed by atoms with Crippen LogP contribution in [0, 0.1) is 17.8 Å². The van der Waals surface area contributed by atoms with Crippen LogP contribution in [0.1, 0.15) is 52.4 Å². The van der Waals surface area contributed by atoms with E-state index < -0.39 is 0 Å². The van der Waals surface area contributed by atoms with E-state index >= 15 is 0 Å². The fraction of sp³-hybridized carbons (Fsp3) is 1.00. The van der Waals surface area contributed by atoms with Gasteiger partial charge >= 0.3 is 0 Å². The first kappa shape index (κ1) is 13.4. The average Bonchev–Trinajstić information content (AvgIpc) is 2.65. The molecule has 0 aromatic rings. The Labute approximate surface area is 107 Å². The van der Waals surface area contributed by atoms with Gasteiger partial charge in [0.15, 0.2) is 0 Å². The highest BCUT2D eigenvalue weighted by Gasteiger charge is 2.29. The van der Waals surface area contributed by atoms with Gasteiger partial charge in [-0.3, -0.25) is 0 Å². The smallest absolute Gasteiger partial charge is 0.00954 e. The number of hydrogen-bond acceptors (Lipinski definition) is 2. The Kier molecular flexibility index (Phi) is 4.87. The second kappa shape index (κ2) is 6.19. The van der Waals surface area contributed by atoms with Gasteiger partial charge < -0.3 is 10.6 Å². The zero-order valence-electron chi connectivity index (χ0n) is 11.7. The summed E-state index contributed by atoms with van der Waals surface area (Å²) in [5.74, 6) is 2.64. The van der Waals surface area contributed by atoms with Gasteiger partial charge in [-0.05, 0) is 56.5 Å². The van der Waals surface area contributed by atoms with Crippen LogP contribution < -0.4 is 5.73 Å². The molecule has 17 heavy (non-hydrogen) atoms. The van der Waals surface area contributed by atoms with Gasteiger partial charge in [-0.2, -0.15) is 0 Å². The van der Waals surface area contributed by atoms with E-state index in [-0.39, 0.29) is 0 Å². The highest BCUT2D eigenvalue weighted by atomic mass is 15.2. The molecule has 2 aliphatic rings. The molecule has 1 saturated carbocycles. The SMILES string of the molecule is CC(C)C1CCCC(N2CCC(CN)C2)CC1. The van der Waals surface area contributed by atoms with Crippen molar-refractivity contribution in [2.45, 2.75) is 58.4 Å². The Morgan fingerprint density at radius 2 is 1.94 bits per heavy atom. The van der Waals surface area contributed by atoms with Crippen molar-refractivity contribution in [3.8, 4) is 0 Å². The molecule has 2 rings (SSSR count). The van der Waals surface area contributed by atoms with Crippen molar-refractivity contribution in [3.05, 3.63) is 0 Å². The normalized spacial score (nSPS) is 36.4. The standard InChI is InChI=1S/C15H30N2/c1-12(2)14-4-3-5-15(7-6-14)17-9-8-13(10-16)11-17/h12-15H,3-11,16H2,1-2H3. The molecule has 2 heteroatoms. The van der Waals surface area contributed by atoms with Gasteiger partial charge in [0.1, 0.15) is 0 Å². The summed E-state index contributed by atoms with van der Waals surface area (Å²) in [5, 5.41) is 0. The molecule has 3 unspecified atom stereocenters. The van der Waals surface area contributed by atoms with Gasteiger partial charge in [0.2, 0.25) is 0 Å². The van der Waals surface area contributed by atoms with Crippen molar-refractivity contribution in [2.75, 3.05) is 19.6 Å². The first-order valence-electron chi connectivity index (χ1n) is 7.64. The van der Waals surface area contributed by atoms with E-state index in [1.165, 1.54) is 51.6 Å². The minimum absolute atomic E-state index is 0.777. The lowest BCUT2D eigenvalue weighted by Gasteiger charge is -2.27. The highest BCUT2D eigenvalue weighted by Crippen LogP contribution is 2.32. The summed E-state index contributed by atoms with van der Waals surface area (Å²) < 4.78 is 0. The molecular formula is C15H30N2. The molecule has 0 aromatic carbocycles. The maximum Gasteiger partial charge on any atom is 0.00954 e. The second-order valence-electron chi connectivity index (χ2n) is 6.55. The minimum atomic E-state index is 0.777. The van der Waals surface area contributed by atoms with E-state index in [0.29, 0.717) is 0 Å². The number of nitrogens with zero attached hydrogens (tertiary/aromatic N) is 1. The van der Waals surface area contributed by atoms with Gasteiger partial charge in [0.05, 0.1) is 0 Å². The third kappa shape index (κ3) is 3.45. The summed E-state index contributed by atoms with van der Waals surface area (Å²) in [4.78, 5) is 2.74. The molecule has 0 spiro atoms. The van der Waals surface area contributed by atoms with E-state index in [4.69, 9.17) is 5.73 Å². The molecule has 0 amide bonds. The Morgan fingerprint density at radius 1 is 1.12 bits per heavy atom. The van der Waals surface area contributed by atoms with Gasteiger partial charge in [-0.1, -0.05) is 26.7 Å². The van der Waals surface area contributed by atoms with Crippen LogP contribution in [-0.2, 0) is 0 Å². The van der Waals surface area contributed by atoms with Crippen molar-refractivity contribution in [3.63, 3.8) is 0 Å². The summed E-state index contributed by atoms with van der Waals surface area (Å²) in [5.41, 5.74) is 5.79. The van der Waals surface area contributed by atoms with E-state index in [0.717, 1.165) is 30.3 Å². The first-order valence-corrected chi connectivity index (χ1v) is 7.64. The molecule has 0 aromatic heterocycles. The lowest BCUT2D eigenvalue weighted by atomic mass is 9.89. The van der Waals surface area contributed by atoms with Crippen LogP contribution in [0.25, 0.3) is 0 Å². The third-order valence-corrected chi connectivity index (χ3v) is 5.09. The van der Waals surface area contributed by atoms with Crippen LogP contribution in [0.4, 0.5) is 0 Å². The highest BCUT2D eigenvalue weighted by molar-refractivity contribution is 4.84. The molecule has 3 atom stereocenters. The second-order valence-corrected chi connectivity index (χ2v) is 6.55. The van der Waals surface area contributed by atoms with Crippen LogP contribution in [0.2, 0.25) is 0 Å². The van der Waals surface area contributed by atoms with Crippen molar-refractivity contribution >= 4 is 0 Å². The average molecular weight is 238 g/mol. The van der Waals surface area contributed by atoms with E-state index in [9.17, 15) is 0 Å². The molecular weight excluding hydrogens is 208 g/mol. The summed E-state index contributed by atoms with van der Waals surface area (Å²) in [6.07, 6.45) is 8.55. The Bertz CT molecular complexity index is 227. The minimum Gasteiger partial charge on any atom is -0.330 e. The predicted molar refractivity (Wildman–Crippen MR) is 73.9 cm³/mol. The van der Waals surface area contributed by atoms with Crippen LogP contribution in [-0.4, -0.2) is 30.6 Å². The summed E-state index contributed by atoms with van der Waals surface area (Å²) >= 11 is 0. The van der Waals surface area contributed by atoms with Crippen molar-refractivity contribution < 1.29 is 0 Å². The zero-order chi connectivity index (χ0) is 12.3. The molecule has 0 bridgehead atoms. The van der Waals surface area contributed by atoms with Gasteiger partial charge in [0, 0.05) is 12.6 Å². The monoisotopic (exact) mass is 238 g/mol. The maximum atomic E-state index is 5.79. The fourth-order valence-corrected chi connectivity index (χ4v) is 3.73. The third-order valence-electron chi connectivity index (χ3n) is 5.09. The Hall–Kier alpha value is -0.0800. The number of likely N-dealkylation sites (tertiary alicyclic amines) is 1. The quantitative estimate of drug-likeness (QED) is 0.766. The van der Waals surface area contributed by atoms with Crippen molar-refractivity contribution in [1.29, 1.82) is 0 Å². The summed E-state index contributed by atoms with van der Waals surface area (Å²) in [6.45, 7) is 8.25. The molecule has 100 valence electrons. The van der Waals surface area contributed by atoms with Gasteiger partial charge in [0.25, 0.3) is 0 Å². The number of rotatable bonds is 3. The molecule has 2 nitrogen and oxygen atoms in total. The van der Waals surface area contributed by atoms with Crippen molar-refractivity contribution in [1.82, 2.24) is 4.90 Å². The maximum absolute atomic E-state index is 5.79. The molecule has 1 aliphatic heterocycles. The van der Waals surface area contributed by atoms with Crippen LogP contribution in [0.3, 0.4) is 0 Å². The number of hydrogen-bond donors (Lipinski definition) is 1. The molecule has 1 aliphatic carbocycles. The molecule has 1 heterocycles. The lowest BCUT2D eigenvalue weighted by Crippen LogP contribution is -2.33. The van der Waals surface area contributed by atoms with Crippen molar-refractivity contribution in [2.24, 2.45) is 23.5 Å². The van der Waals surface area contributed by atoms with Crippen LogP contribution >= 0.6 is 0 Å². The molecule has 0 radical (unpaired) electrons. The van der Waals surface area contributed by atoms with Crippen LogP contribution in [0.15, 0.2) is 0 Å². The first-order chi connectivity index (χ1) is 8.20. The summed E-state index contributed by atoms with van der Waals surface area (Å²) in [7, 11) is 0. The van der Waals surface area contributed by atoms with Crippen LogP contribution in [0.5, 0.6) is 0 Å². The molecule has 1 saturated heterocycles. The molecule has 2 N–H and O–H groups in total. The number of nitrogens with two attached hydrogens (primary N) is 1. The van der Waals surface area contributed by atoms with E-state index in [1.54, 1.807) is 0 Å². The largest absolute Gasteiger partial charge is 0.330 e. The Morgan fingerprint density at radius 3 is 2.59 bits per heavy atom. The molecule has 2 fully saturated rings. The Balaban J connectivity index is 1.82. The lowest BCUT2D eigenvalue weighted by molar-refractivity contribution is 0.210. The predicted octanol–water partition coefficient (Wildman–Crippen LogP) is 2.87. The van der Waals surface area contributed by atoms with Gasteiger partial charge in [-0.25, -0.2) is 0 Å². The van der Waals surface area contributed by atoms with E-state index in [1.807, 2.05) is 0 Å². The fourth-order valence-electron chi connectivity index (χ4n) is 3.73.